The van der Waals surface area contributed by atoms with Crippen LogP contribution in [0.3, 0.4) is 0 Å². The summed E-state index contributed by atoms with van der Waals surface area (Å²) < 4.78 is 10.3. The number of fused-ring (bicyclic) bond motifs is 1. The maximum absolute atomic E-state index is 5.71. The molecule has 0 amide bonds. The summed E-state index contributed by atoms with van der Waals surface area (Å²) in [5.74, 6) is 1.43. The quantitative estimate of drug-likeness (QED) is 0.659. The molecular formula is C8H10N2O2. The first kappa shape index (κ1) is 7.36. The van der Waals surface area contributed by atoms with Crippen molar-refractivity contribution in [1.29, 1.82) is 0 Å². The van der Waals surface area contributed by atoms with Crippen LogP contribution in [0, 0.1) is 0 Å². The molecule has 0 radical (unpaired) electrons. The summed E-state index contributed by atoms with van der Waals surface area (Å²) in [6, 6.07) is 1.71. The van der Waals surface area contributed by atoms with Gasteiger partial charge in [0.15, 0.2) is 0 Å². The maximum atomic E-state index is 5.71. The van der Waals surface area contributed by atoms with Crippen LogP contribution in [0.5, 0.6) is 11.5 Å². The number of ether oxygens (including phenoxy) is 2. The lowest BCUT2D eigenvalue weighted by Gasteiger charge is -2.01. The molecule has 0 aromatic carbocycles. The largest absolute Gasteiger partial charge is 0.495 e. The number of pyridine rings is 1. The van der Waals surface area contributed by atoms with Gasteiger partial charge in [-0.2, -0.15) is 0 Å². The first-order chi connectivity index (χ1) is 5.81. The molecule has 12 heavy (non-hydrogen) atoms. The second-order valence-corrected chi connectivity index (χ2v) is 2.68. The second-order valence-electron chi connectivity index (χ2n) is 2.68. The summed E-state index contributed by atoms with van der Waals surface area (Å²) in [7, 11) is 1.60. The van der Waals surface area contributed by atoms with Crippen molar-refractivity contribution in [3.05, 3.63) is 18.0 Å². The van der Waals surface area contributed by atoms with Crippen LogP contribution in [0.4, 0.5) is 0 Å². The minimum atomic E-state index is -0.0918. The first-order valence-electron chi connectivity index (χ1n) is 3.73. The molecule has 64 valence electrons. The topological polar surface area (TPSA) is 57.4 Å². The van der Waals surface area contributed by atoms with Gasteiger partial charge in [-0.15, -0.1) is 0 Å². The number of nitrogens with zero attached hydrogens (tertiary/aromatic N) is 1. The van der Waals surface area contributed by atoms with E-state index in [1.54, 1.807) is 19.4 Å². The number of rotatable bonds is 1. The lowest BCUT2D eigenvalue weighted by molar-refractivity contribution is 0.331. The summed E-state index contributed by atoms with van der Waals surface area (Å²) in [4.78, 5) is 4.14. The number of hydrogen-bond acceptors (Lipinski definition) is 4. The summed E-state index contributed by atoms with van der Waals surface area (Å²) in [6.45, 7) is 0.509. The molecule has 0 bridgehead atoms. The fraction of sp³-hybridized carbons (Fsp3) is 0.375. The molecule has 4 nitrogen and oxygen atoms in total. The molecule has 1 aromatic rings. The molecule has 0 aliphatic carbocycles. The smallest absolute Gasteiger partial charge is 0.146 e. The van der Waals surface area contributed by atoms with Gasteiger partial charge in [-0.3, -0.25) is 4.98 Å². The molecule has 1 aliphatic heterocycles. The van der Waals surface area contributed by atoms with Gasteiger partial charge in [0.05, 0.1) is 19.3 Å². The van der Waals surface area contributed by atoms with Gasteiger partial charge < -0.3 is 15.2 Å². The van der Waals surface area contributed by atoms with E-state index in [1.165, 1.54) is 0 Å². The fourth-order valence-corrected chi connectivity index (χ4v) is 1.20. The van der Waals surface area contributed by atoms with Crippen LogP contribution in [-0.4, -0.2) is 18.7 Å². The molecule has 4 heteroatoms. The molecule has 1 aliphatic rings. The van der Waals surface area contributed by atoms with Gasteiger partial charge in [-0.05, 0) is 0 Å². The third kappa shape index (κ3) is 1.00. The van der Waals surface area contributed by atoms with Crippen molar-refractivity contribution >= 4 is 0 Å². The predicted molar refractivity (Wildman–Crippen MR) is 43.2 cm³/mol. The van der Waals surface area contributed by atoms with E-state index in [0.717, 1.165) is 11.4 Å². The van der Waals surface area contributed by atoms with E-state index in [1.807, 2.05) is 0 Å². The van der Waals surface area contributed by atoms with Crippen molar-refractivity contribution in [1.82, 2.24) is 4.98 Å². The zero-order chi connectivity index (χ0) is 8.55. The molecule has 2 heterocycles. The van der Waals surface area contributed by atoms with Crippen molar-refractivity contribution < 1.29 is 9.47 Å². The van der Waals surface area contributed by atoms with Gasteiger partial charge in [0.1, 0.15) is 23.8 Å². The summed E-state index contributed by atoms with van der Waals surface area (Å²) >= 11 is 0. The minimum absolute atomic E-state index is 0.0918. The maximum Gasteiger partial charge on any atom is 0.146 e. The van der Waals surface area contributed by atoms with Crippen molar-refractivity contribution in [3.63, 3.8) is 0 Å². The number of nitrogens with two attached hydrogens (primary N) is 1. The van der Waals surface area contributed by atoms with Gasteiger partial charge in [0.2, 0.25) is 0 Å². The van der Waals surface area contributed by atoms with Gasteiger partial charge >= 0.3 is 0 Å². The van der Waals surface area contributed by atoms with Crippen molar-refractivity contribution in [2.75, 3.05) is 13.7 Å². The average molecular weight is 166 g/mol. The Bertz CT molecular complexity index is 301. The predicted octanol–water partition coefficient (Wildman–Crippen LogP) is 0.482. The van der Waals surface area contributed by atoms with E-state index in [0.29, 0.717) is 12.4 Å². The lowest BCUT2D eigenvalue weighted by atomic mass is 10.2. The van der Waals surface area contributed by atoms with Crippen molar-refractivity contribution in [2.24, 2.45) is 5.73 Å². The number of aromatic nitrogens is 1. The zero-order valence-corrected chi connectivity index (χ0v) is 6.78. The van der Waals surface area contributed by atoms with E-state index in [2.05, 4.69) is 4.98 Å². The normalized spacial score (nSPS) is 20.0. The Kier molecular flexibility index (Phi) is 1.62. The highest BCUT2D eigenvalue weighted by molar-refractivity contribution is 5.39. The van der Waals surface area contributed by atoms with Crippen LogP contribution < -0.4 is 15.2 Å². The van der Waals surface area contributed by atoms with Crippen molar-refractivity contribution in [3.8, 4) is 11.5 Å². The molecule has 0 saturated carbocycles. The van der Waals surface area contributed by atoms with Gasteiger partial charge in [0, 0.05) is 6.07 Å². The monoisotopic (exact) mass is 166 g/mol. The average Bonchev–Trinajstić information content (AvgIpc) is 2.47. The molecule has 1 aromatic heterocycles. The molecule has 1 atom stereocenters. The zero-order valence-electron chi connectivity index (χ0n) is 6.78. The van der Waals surface area contributed by atoms with E-state index < -0.39 is 0 Å². The van der Waals surface area contributed by atoms with Crippen LogP contribution in [-0.2, 0) is 0 Å². The Labute approximate surface area is 70.3 Å². The van der Waals surface area contributed by atoms with Gasteiger partial charge in [-0.25, -0.2) is 0 Å². The van der Waals surface area contributed by atoms with Crippen molar-refractivity contribution in [2.45, 2.75) is 6.04 Å². The molecule has 2 rings (SSSR count). The van der Waals surface area contributed by atoms with E-state index in [-0.39, 0.29) is 6.04 Å². The summed E-state index contributed by atoms with van der Waals surface area (Å²) in [5, 5.41) is 0. The Balaban J connectivity index is 2.41. The van der Waals surface area contributed by atoms with E-state index in [9.17, 15) is 0 Å². The highest BCUT2D eigenvalue weighted by Crippen LogP contribution is 2.31. The molecule has 0 fully saturated rings. The minimum Gasteiger partial charge on any atom is -0.495 e. The molecule has 0 spiro atoms. The molecular weight excluding hydrogens is 156 g/mol. The number of hydrogen-bond donors (Lipinski definition) is 1. The van der Waals surface area contributed by atoms with E-state index in [4.69, 9.17) is 15.2 Å². The van der Waals surface area contributed by atoms with Crippen LogP contribution in [0.2, 0.25) is 0 Å². The van der Waals surface area contributed by atoms with Crippen LogP contribution in [0.25, 0.3) is 0 Å². The van der Waals surface area contributed by atoms with Crippen LogP contribution >= 0.6 is 0 Å². The van der Waals surface area contributed by atoms with E-state index >= 15 is 0 Å². The Morgan fingerprint density at radius 1 is 1.75 bits per heavy atom. The molecule has 0 saturated heterocycles. The molecule has 2 N–H and O–H groups in total. The van der Waals surface area contributed by atoms with Crippen LogP contribution in [0.1, 0.15) is 11.7 Å². The lowest BCUT2D eigenvalue weighted by Crippen LogP contribution is -2.11. The number of methoxy groups -OCH3 is 1. The fourth-order valence-electron chi connectivity index (χ4n) is 1.20. The standard InChI is InChI=1S/C8H10N2O2/c1-11-5-2-7-8(10-3-5)6(9)4-12-7/h2-3,6H,4,9H2,1H3. The third-order valence-electron chi connectivity index (χ3n) is 1.86. The molecule has 1 unspecified atom stereocenters. The Hall–Kier alpha value is -1.29. The highest BCUT2D eigenvalue weighted by atomic mass is 16.5. The Morgan fingerprint density at radius 2 is 2.58 bits per heavy atom. The summed E-state index contributed by atoms with van der Waals surface area (Å²) in [6.07, 6.45) is 1.65. The first-order valence-corrected chi connectivity index (χ1v) is 3.73. The SMILES string of the molecule is COc1cnc2c(c1)OCC2N. The highest BCUT2D eigenvalue weighted by Gasteiger charge is 2.22. The summed E-state index contributed by atoms with van der Waals surface area (Å²) in [5.41, 5.74) is 6.53. The van der Waals surface area contributed by atoms with Crippen LogP contribution in [0.15, 0.2) is 12.3 Å². The second kappa shape index (κ2) is 2.64. The van der Waals surface area contributed by atoms with Gasteiger partial charge in [-0.1, -0.05) is 0 Å². The Morgan fingerprint density at radius 3 is 3.33 bits per heavy atom. The van der Waals surface area contributed by atoms with Gasteiger partial charge in [0.25, 0.3) is 0 Å². The third-order valence-corrected chi connectivity index (χ3v) is 1.86.